The summed E-state index contributed by atoms with van der Waals surface area (Å²) in [5.74, 6) is 0.0685. The standard InChI is InChI=1S/C14H21N3O3S/c1-11-5-6-12(16-14(18)4-2-7-15)10-13(11)17-8-3-9-21(17,19)20/h5-6,10H,2-4,7-9,15H2,1H3,(H,16,18). The number of amides is 1. The van der Waals surface area contributed by atoms with Gasteiger partial charge in [0.25, 0.3) is 0 Å². The van der Waals surface area contributed by atoms with E-state index in [1.165, 1.54) is 4.31 Å². The Balaban J connectivity index is 2.20. The molecule has 0 radical (unpaired) electrons. The Morgan fingerprint density at radius 1 is 1.43 bits per heavy atom. The molecule has 1 aromatic carbocycles. The Morgan fingerprint density at radius 3 is 2.81 bits per heavy atom. The van der Waals surface area contributed by atoms with E-state index in [2.05, 4.69) is 5.32 Å². The van der Waals surface area contributed by atoms with Crippen LogP contribution in [0.25, 0.3) is 0 Å². The third-order valence-electron chi connectivity index (χ3n) is 3.47. The lowest BCUT2D eigenvalue weighted by atomic mass is 10.1. The molecule has 1 aromatic rings. The summed E-state index contributed by atoms with van der Waals surface area (Å²) >= 11 is 0. The highest BCUT2D eigenvalue weighted by Gasteiger charge is 2.29. The molecule has 1 heterocycles. The monoisotopic (exact) mass is 311 g/mol. The Morgan fingerprint density at radius 2 is 2.19 bits per heavy atom. The van der Waals surface area contributed by atoms with Gasteiger partial charge in [0.05, 0.1) is 11.4 Å². The minimum absolute atomic E-state index is 0.112. The lowest BCUT2D eigenvalue weighted by molar-refractivity contribution is -0.116. The summed E-state index contributed by atoms with van der Waals surface area (Å²) in [4.78, 5) is 11.7. The largest absolute Gasteiger partial charge is 0.330 e. The van der Waals surface area contributed by atoms with Crippen LogP contribution in [-0.2, 0) is 14.8 Å². The summed E-state index contributed by atoms with van der Waals surface area (Å²) in [6.45, 7) is 2.83. The van der Waals surface area contributed by atoms with Crippen molar-refractivity contribution in [2.45, 2.75) is 26.2 Å². The summed E-state index contributed by atoms with van der Waals surface area (Å²) in [6, 6.07) is 5.32. The summed E-state index contributed by atoms with van der Waals surface area (Å²) in [6.07, 6.45) is 1.63. The number of carbonyl (C=O) groups is 1. The molecular weight excluding hydrogens is 290 g/mol. The van der Waals surface area contributed by atoms with Gasteiger partial charge in [-0.25, -0.2) is 8.42 Å². The number of anilines is 2. The van der Waals surface area contributed by atoms with E-state index in [1.54, 1.807) is 12.1 Å². The first-order valence-electron chi connectivity index (χ1n) is 7.05. The first kappa shape index (κ1) is 15.8. The maximum atomic E-state index is 12.0. The second-order valence-corrected chi connectivity index (χ2v) is 7.20. The predicted molar refractivity (Wildman–Crippen MR) is 83.8 cm³/mol. The third kappa shape index (κ3) is 3.74. The van der Waals surface area contributed by atoms with Crippen LogP contribution in [0.2, 0.25) is 0 Å². The smallest absolute Gasteiger partial charge is 0.235 e. The van der Waals surface area contributed by atoms with Crippen LogP contribution in [0.5, 0.6) is 0 Å². The molecule has 1 saturated heterocycles. The quantitative estimate of drug-likeness (QED) is 0.855. The number of hydrogen-bond acceptors (Lipinski definition) is 4. The molecule has 0 bridgehead atoms. The van der Waals surface area contributed by atoms with Crippen molar-refractivity contribution in [1.82, 2.24) is 0 Å². The fourth-order valence-electron chi connectivity index (χ4n) is 2.35. The third-order valence-corrected chi connectivity index (χ3v) is 5.32. The number of nitrogens with two attached hydrogens (primary N) is 1. The van der Waals surface area contributed by atoms with Crippen molar-refractivity contribution in [2.75, 3.05) is 28.5 Å². The number of nitrogens with zero attached hydrogens (tertiary/aromatic N) is 1. The maximum Gasteiger partial charge on any atom is 0.235 e. The lowest BCUT2D eigenvalue weighted by Gasteiger charge is -2.20. The van der Waals surface area contributed by atoms with Crippen LogP contribution >= 0.6 is 0 Å². The van der Waals surface area contributed by atoms with E-state index in [0.29, 0.717) is 43.7 Å². The van der Waals surface area contributed by atoms with Gasteiger partial charge in [-0.15, -0.1) is 0 Å². The fraction of sp³-hybridized carbons (Fsp3) is 0.500. The molecule has 21 heavy (non-hydrogen) atoms. The Bertz CT molecular complexity index is 628. The zero-order valence-corrected chi connectivity index (χ0v) is 12.9. The van der Waals surface area contributed by atoms with Crippen LogP contribution in [0.3, 0.4) is 0 Å². The van der Waals surface area contributed by atoms with Crippen LogP contribution in [0.1, 0.15) is 24.8 Å². The van der Waals surface area contributed by atoms with Gasteiger partial charge in [-0.3, -0.25) is 9.10 Å². The second-order valence-electron chi connectivity index (χ2n) is 5.18. The van der Waals surface area contributed by atoms with Gasteiger partial charge in [-0.1, -0.05) is 6.07 Å². The van der Waals surface area contributed by atoms with Gasteiger partial charge in [-0.05, 0) is 44.0 Å². The molecule has 0 saturated carbocycles. The number of benzene rings is 1. The number of hydrogen-bond donors (Lipinski definition) is 2. The van der Waals surface area contributed by atoms with Gasteiger partial charge in [-0.2, -0.15) is 0 Å². The maximum absolute atomic E-state index is 12.0. The molecule has 1 aliphatic heterocycles. The predicted octanol–water partition coefficient (Wildman–Crippen LogP) is 1.21. The summed E-state index contributed by atoms with van der Waals surface area (Å²) in [5.41, 5.74) is 7.50. The van der Waals surface area contributed by atoms with Gasteiger partial charge >= 0.3 is 0 Å². The van der Waals surface area contributed by atoms with Gasteiger partial charge < -0.3 is 11.1 Å². The van der Waals surface area contributed by atoms with Crippen molar-refractivity contribution >= 4 is 27.3 Å². The molecule has 0 spiro atoms. The molecule has 2 rings (SSSR count). The molecule has 6 nitrogen and oxygen atoms in total. The van der Waals surface area contributed by atoms with Crippen LogP contribution in [0.4, 0.5) is 11.4 Å². The highest BCUT2D eigenvalue weighted by Crippen LogP contribution is 2.30. The highest BCUT2D eigenvalue weighted by molar-refractivity contribution is 7.93. The van der Waals surface area contributed by atoms with Gasteiger partial charge in [0.1, 0.15) is 0 Å². The molecule has 1 aliphatic rings. The van der Waals surface area contributed by atoms with E-state index in [9.17, 15) is 13.2 Å². The second kappa shape index (κ2) is 6.44. The number of rotatable bonds is 5. The first-order chi connectivity index (χ1) is 9.94. The fourth-order valence-corrected chi connectivity index (χ4v) is 3.97. The lowest BCUT2D eigenvalue weighted by Crippen LogP contribution is -2.26. The normalized spacial score (nSPS) is 17.0. The molecular formula is C14H21N3O3S. The number of sulfonamides is 1. The van der Waals surface area contributed by atoms with E-state index in [-0.39, 0.29) is 11.7 Å². The van der Waals surface area contributed by atoms with Crippen LogP contribution in [0, 0.1) is 6.92 Å². The topological polar surface area (TPSA) is 92.5 Å². The molecule has 1 fully saturated rings. The van der Waals surface area contributed by atoms with E-state index in [1.807, 2.05) is 13.0 Å². The molecule has 0 unspecified atom stereocenters. The van der Waals surface area contributed by atoms with Crippen molar-refractivity contribution in [3.8, 4) is 0 Å². The van der Waals surface area contributed by atoms with Crippen molar-refractivity contribution in [3.05, 3.63) is 23.8 Å². The molecule has 116 valence electrons. The molecule has 0 aromatic heterocycles. The minimum atomic E-state index is -3.22. The Hall–Kier alpha value is -1.60. The van der Waals surface area contributed by atoms with E-state index in [0.717, 1.165) is 5.56 Å². The van der Waals surface area contributed by atoms with Crippen molar-refractivity contribution in [2.24, 2.45) is 5.73 Å². The van der Waals surface area contributed by atoms with E-state index in [4.69, 9.17) is 5.73 Å². The highest BCUT2D eigenvalue weighted by atomic mass is 32.2. The van der Waals surface area contributed by atoms with Crippen LogP contribution in [0.15, 0.2) is 18.2 Å². The average molecular weight is 311 g/mol. The van der Waals surface area contributed by atoms with Gasteiger partial charge in [0.15, 0.2) is 0 Å². The summed E-state index contributed by atoms with van der Waals surface area (Å²) in [7, 11) is -3.22. The molecule has 7 heteroatoms. The number of carbonyl (C=O) groups excluding carboxylic acids is 1. The Labute approximate surface area is 125 Å². The van der Waals surface area contributed by atoms with Crippen molar-refractivity contribution in [3.63, 3.8) is 0 Å². The van der Waals surface area contributed by atoms with E-state index >= 15 is 0 Å². The van der Waals surface area contributed by atoms with Gasteiger partial charge in [0.2, 0.25) is 15.9 Å². The SMILES string of the molecule is Cc1ccc(NC(=O)CCCN)cc1N1CCCS1(=O)=O. The van der Waals surface area contributed by atoms with Crippen molar-refractivity contribution in [1.29, 1.82) is 0 Å². The number of aryl methyl sites for hydroxylation is 1. The minimum Gasteiger partial charge on any atom is -0.330 e. The zero-order chi connectivity index (χ0) is 15.5. The molecule has 3 N–H and O–H groups in total. The van der Waals surface area contributed by atoms with Crippen LogP contribution in [-0.4, -0.2) is 33.2 Å². The van der Waals surface area contributed by atoms with E-state index < -0.39 is 10.0 Å². The van der Waals surface area contributed by atoms with Crippen LogP contribution < -0.4 is 15.4 Å². The molecule has 0 atom stereocenters. The van der Waals surface area contributed by atoms with Gasteiger partial charge in [0, 0.05) is 18.7 Å². The zero-order valence-electron chi connectivity index (χ0n) is 12.1. The average Bonchev–Trinajstić information content (AvgIpc) is 2.78. The first-order valence-corrected chi connectivity index (χ1v) is 8.66. The molecule has 0 aliphatic carbocycles. The molecule has 1 amide bonds. The van der Waals surface area contributed by atoms with Crippen molar-refractivity contribution < 1.29 is 13.2 Å². The Kier molecular flexibility index (Phi) is 4.84. The number of nitrogens with one attached hydrogen (secondary N) is 1. The summed E-state index contributed by atoms with van der Waals surface area (Å²) < 4.78 is 25.5. The summed E-state index contributed by atoms with van der Waals surface area (Å²) in [5, 5.41) is 2.78.